The normalized spacial score (nSPS) is 20.9. The van der Waals surface area contributed by atoms with E-state index < -0.39 is 5.76 Å². The van der Waals surface area contributed by atoms with Gasteiger partial charge < -0.3 is 15.1 Å². The Balaban J connectivity index is 1.61. The van der Waals surface area contributed by atoms with Crippen LogP contribution in [0.1, 0.15) is 32.6 Å². The number of hydrogen-bond acceptors (Lipinski definition) is 4. The molecular formula is C17H23N3O3S. The molecule has 1 aromatic carbocycles. The molecule has 1 fully saturated rings. The van der Waals surface area contributed by atoms with Crippen LogP contribution in [0.15, 0.2) is 27.4 Å². The van der Waals surface area contributed by atoms with Crippen LogP contribution in [0, 0.1) is 0 Å². The van der Waals surface area contributed by atoms with Crippen LogP contribution < -0.4 is 16.4 Å². The van der Waals surface area contributed by atoms with Gasteiger partial charge in [-0.05, 0) is 37.1 Å². The van der Waals surface area contributed by atoms with Crippen molar-refractivity contribution in [2.75, 3.05) is 11.1 Å². The van der Waals surface area contributed by atoms with E-state index in [0.717, 1.165) is 25.0 Å². The fraction of sp³-hybridized carbons (Fsp3) is 0.529. The summed E-state index contributed by atoms with van der Waals surface area (Å²) >= 11 is 1.98. The number of urea groups is 1. The minimum atomic E-state index is -0.409. The number of hydrogen-bond donors (Lipinski definition) is 2. The zero-order valence-corrected chi connectivity index (χ0v) is 14.8. The number of nitrogens with one attached hydrogen (secondary N) is 2. The number of amides is 2. The Morgan fingerprint density at radius 1 is 1.42 bits per heavy atom. The highest BCUT2D eigenvalue weighted by atomic mass is 32.2. The summed E-state index contributed by atoms with van der Waals surface area (Å²) in [6.07, 6.45) is 4.45. The van der Waals surface area contributed by atoms with Crippen LogP contribution in [0.5, 0.6) is 0 Å². The highest BCUT2D eigenvalue weighted by molar-refractivity contribution is 7.99. The van der Waals surface area contributed by atoms with E-state index in [1.807, 2.05) is 11.8 Å². The van der Waals surface area contributed by atoms with E-state index in [9.17, 15) is 9.59 Å². The van der Waals surface area contributed by atoms with Crippen molar-refractivity contribution in [1.82, 2.24) is 9.88 Å². The molecule has 2 N–H and O–H groups in total. The quantitative estimate of drug-likeness (QED) is 0.888. The summed E-state index contributed by atoms with van der Waals surface area (Å²) < 4.78 is 6.58. The molecule has 130 valence electrons. The van der Waals surface area contributed by atoms with Crippen LogP contribution in [-0.2, 0) is 7.05 Å². The first-order chi connectivity index (χ1) is 11.6. The molecular weight excluding hydrogens is 326 g/mol. The fourth-order valence-corrected chi connectivity index (χ4v) is 4.40. The summed E-state index contributed by atoms with van der Waals surface area (Å²) in [6.45, 7) is 2.17. The van der Waals surface area contributed by atoms with Gasteiger partial charge in [-0.15, -0.1) is 0 Å². The van der Waals surface area contributed by atoms with Gasteiger partial charge >= 0.3 is 11.8 Å². The lowest BCUT2D eigenvalue weighted by Crippen LogP contribution is -2.41. The molecule has 0 saturated heterocycles. The number of carbonyl (C=O) groups excluding carboxylic acids is 1. The van der Waals surface area contributed by atoms with Crippen molar-refractivity contribution in [3.8, 4) is 0 Å². The molecule has 1 saturated carbocycles. The maximum absolute atomic E-state index is 12.2. The van der Waals surface area contributed by atoms with E-state index in [4.69, 9.17) is 4.42 Å². The summed E-state index contributed by atoms with van der Waals surface area (Å²) in [7, 11) is 1.65. The van der Waals surface area contributed by atoms with Gasteiger partial charge in [-0.1, -0.05) is 13.3 Å². The molecule has 24 heavy (non-hydrogen) atoms. The minimum absolute atomic E-state index is 0.209. The molecule has 0 aliphatic heterocycles. The number of anilines is 1. The smallest absolute Gasteiger partial charge is 0.408 e. The molecule has 2 unspecified atom stereocenters. The summed E-state index contributed by atoms with van der Waals surface area (Å²) in [5.74, 6) is 0.708. The zero-order valence-electron chi connectivity index (χ0n) is 14.0. The number of aromatic nitrogens is 1. The SMILES string of the molecule is CCSC1CCCC(NC(=O)Nc2ccc3c(c2)oc(=O)n3C)C1. The summed E-state index contributed by atoms with van der Waals surface area (Å²) in [6, 6.07) is 5.23. The Labute approximate surface area is 145 Å². The molecule has 1 aromatic heterocycles. The van der Waals surface area contributed by atoms with Gasteiger partial charge in [-0.25, -0.2) is 9.59 Å². The van der Waals surface area contributed by atoms with Gasteiger partial charge in [0.1, 0.15) is 0 Å². The highest BCUT2D eigenvalue weighted by Gasteiger charge is 2.23. The maximum Gasteiger partial charge on any atom is 0.419 e. The monoisotopic (exact) mass is 349 g/mol. The number of carbonyl (C=O) groups is 1. The molecule has 2 aromatic rings. The predicted octanol–water partition coefficient (Wildman–Crippen LogP) is 3.32. The lowest BCUT2D eigenvalue weighted by molar-refractivity contribution is 0.244. The predicted molar refractivity (Wildman–Crippen MR) is 97.8 cm³/mol. The largest absolute Gasteiger partial charge is 0.419 e. The van der Waals surface area contributed by atoms with E-state index in [0.29, 0.717) is 22.0 Å². The highest BCUT2D eigenvalue weighted by Crippen LogP contribution is 2.28. The van der Waals surface area contributed by atoms with Crippen molar-refractivity contribution >= 4 is 34.6 Å². The number of nitrogens with zero attached hydrogens (tertiary/aromatic N) is 1. The number of aryl methyl sites for hydroxylation is 1. The molecule has 0 spiro atoms. The lowest BCUT2D eigenvalue weighted by Gasteiger charge is -2.29. The van der Waals surface area contributed by atoms with Gasteiger partial charge in [-0.3, -0.25) is 4.57 Å². The van der Waals surface area contributed by atoms with Gasteiger partial charge in [-0.2, -0.15) is 11.8 Å². The van der Waals surface area contributed by atoms with Crippen molar-refractivity contribution in [3.63, 3.8) is 0 Å². The molecule has 7 heteroatoms. The van der Waals surface area contributed by atoms with Crippen LogP contribution in [-0.4, -0.2) is 27.6 Å². The third kappa shape index (κ3) is 3.77. The second-order valence-corrected chi connectivity index (χ2v) is 7.73. The first-order valence-electron chi connectivity index (χ1n) is 8.35. The van der Waals surface area contributed by atoms with Crippen LogP contribution in [0.2, 0.25) is 0 Å². The topological polar surface area (TPSA) is 76.3 Å². The van der Waals surface area contributed by atoms with Gasteiger partial charge in [0.25, 0.3) is 0 Å². The molecule has 0 radical (unpaired) electrons. The first-order valence-corrected chi connectivity index (χ1v) is 9.40. The van der Waals surface area contributed by atoms with Gasteiger partial charge in [0.2, 0.25) is 0 Å². The summed E-state index contributed by atoms with van der Waals surface area (Å²) in [5, 5.41) is 6.53. The number of oxazole rings is 1. The molecule has 2 atom stereocenters. The Bertz CT molecular complexity index is 781. The molecule has 3 rings (SSSR count). The molecule has 1 aliphatic rings. The zero-order chi connectivity index (χ0) is 17.1. The second kappa shape index (κ2) is 7.34. The van der Waals surface area contributed by atoms with Gasteiger partial charge in [0.05, 0.1) is 5.52 Å². The van der Waals surface area contributed by atoms with E-state index in [2.05, 4.69) is 17.6 Å². The van der Waals surface area contributed by atoms with Crippen LogP contribution in [0.3, 0.4) is 0 Å². The van der Waals surface area contributed by atoms with Crippen molar-refractivity contribution in [2.24, 2.45) is 7.05 Å². The Kier molecular flexibility index (Phi) is 5.18. The number of fused-ring (bicyclic) bond motifs is 1. The van der Waals surface area contributed by atoms with Crippen molar-refractivity contribution < 1.29 is 9.21 Å². The van der Waals surface area contributed by atoms with E-state index in [-0.39, 0.29) is 12.1 Å². The van der Waals surface area contributed by atoms with Gasteiger partial charge in [0, 0.05) is 30.1 Å². The van der Waals surface area contributed by atoms with Crippen molar-refractivity contribution in [2.45, 2.75) is 43.9 Å². The first kappa shape index (κ1) is 17.0. The van der Waals surface area contributed by atoms with Crippen molar-refractivity contribution in [1.29, 1.82) is 0 Å². The van der Waals surface area contributed by atoms with Crippen LogP contribution >= 0.6 is 11.8 Å². The third-order valence-electron chi connectivity index (χ3n) is 4.41. The van der Waals surface area contributed by atoms with Crippen molar-refractivity contribution in [3.05, 3.63) is 28.7 Å². The standard InChI is InChI=1S/C17H23N3O3S/c1-3-24-13-6-4-5-11(9-13)18-16(21)19-12-7-8-14-15(10-12)23-17(22)20(14)2/h7-8,10-11,13H,3-6,9H2,1-2H3,(H2,18,19,21). The third-order valence-corrected chi connectivity index (χ3v) is 5.65. The molecule has 1 heterocycles. The molecule has 2 amide bonds. The van der Waals surface area contributed by atoms with Crippen LogP contribution in [0.25, 0.3) is 11.1 Å². The van der Waals surface area contributed by atoms with E-state index in [1.165, 1.54) is 11.0 Å². The lowest BCUT2D eigenvalue weighted by atomic mass is 9.95. The second-order valence-electron chi connectivity index (χ2n) is 6.15. The average Bonchev–Trinajstić information content (AvgIpc) is 2.82. The average molecular weight is 349 g/mol. The maximum atomic E-state index is 12.2. The Morgan fingerprint density at radius 2 is 2.25 bits per heavy atom. The van der Waals surface area contributed by atoms with E-state index in [1.54, 1.807) is 25.2 Å². The molecule has 1 aliphatic carbocycles. The number of thioether (sulfide) groups is 1. The summed E-state index contributed by atoms with van der Waals surface area (Å²) in [5.41, 5.74) is 1.79. The van der Waals surface area contributed by atoms with E-state index >= 15 is 0 Å². The number of benzene rings is 1. The van der Waals surface area contributed by atoms with Gasteiger partial charge in [0.15, 0.2) is 5.58 Å². The molecule has 6 nitrogen and oxygen atoms in total. The number of rotatable bonds is 4. The Morgan fingerprint density at radius 3 is 3.04 bits per heavy atom. The van der Waals surface area contributed by atoms with Crippen LogP contribution in [0.4, 0.5) is 10.5 Å². The fourth-order valence-electron chi connectivity index (χ4n) is 3.23. The Hall–Kier alpha value is -1.89. The summed E-state index contributed by atoms with van der Waals surface area (Å²) in [4.78, 5) is 23.7. The minimum Gasteiger partial charge on any atom is -0.408 e. The molecule has 0 bridgehead atoms.